The first-order valence-corrected chi connectivity index (χ1v) is 13.8. The van der Waals surface area contributed by atoms with E-state index in [0.29, 0.717) is 18.1 Å². The Hall–Kier alpha value is -3.13. The molecule has 0 amide bonds. The summed E-state index contributed by atoms with van der Waals surface area (Å²) in [7, 11) is 0. The molecule has 38 heavy (non-hydrogen) atoms. The number of hydrogen-bond donors (Lipinski definition) is 0. The van der Waals surface area contributed by atoms with Crippen LogP contribution in [0, 0.1) is 11.6 Å². The molecule has 0 N–H and O–H groups in total. The van der Waals surface area contributed by atoms with Gasteiger partial charge in [-0.1, -0.05) is 58.8 Å². The van der Waals surface area contributed by atoms with Gasteiger partial charge in [0.05, 0.1) is 18.3 Å². The zero-order valence-corrected chi connectivity index (χ0v) is 22.3. The van der Waals surface area contributed by atoms with Crippen molar-refractivity contribution in [2.24, 2.45) is 0 Å². The molecule has 1 aliphatic heterocycles. The number of epoxide rings is 1. The highest BCUT2D eigenvalue weighted by molar-refractivity contribution is 5.64. The first kappa shape index (κ1) is 27.9. The molecule has 1 fully saturated rings. The standard InChI is InChI=1S/C30H37F2N3O3/c1-3-5-7-8-9-10-16-36-27-15-12-21(17-33-27)22-18-34-30(35-19-22)23-13-14-25(29(32)28(23)31)37-20-26-24(38-26)11-6-4-2/h12-15,17-19,24,26H,3-11,16,20H2,1-2H3/t24-,26-/m0/s1. The van der Waals surface area contributed by atoms with Gasteiger partial charge in [-0.15, -0.1) is 0 Å². The van der Waals surface area contributed by atoms with Crippen LogP contribution in [0.4, 0.5) is 8.78 Å². The molecule has 0 bridgehead atoms. The molecule has 3 heterocycles. The second-order valence-electron chi connectivity index (χ2n) is 9.70. The molecule has 3 aromatic rings. The lowest BCUT2D eigenvalue weighted by molar-refractivity contribution is 0.248. The van der Waals surface area contributed by atoms with Gasteiger partial charge in [-0.25, -0.2) is 19.3 Å². The summed E-state index contributed by atoms with van der Waals surface area (Å²) in [6.07, 6.45) is 15.3. The van der Waals surface area contributed by atoms with Gasteiger partial charge in [0.25, 0.3) is 0 Å². The van der Waals surface area contributed by atoms with Gasteiger partial charge >= 0.3 is 0 Å². The second-order valence-corrected chi connectivity index (χ2v) is 9.70. The quantitative estimate of drug-likeness (QED) is 0.142. The van der Waals surface area contributed by atoms with Crippen LogP contribution in [0.15, 0.2) is 42.9 Å². The summed E-state index contributed by atoms with van der Waals surface area (Å²) in [5.74, 6) is -1.57. The molecule has 0 aliphatic carbocycles. The molecule has 2 aromatic heterocycles. The van der Waals surface area contributed by atoms with Gasteiger partial charge < -0.3 is 14.2 Å². The Morgan fingerprint density at radius 3 is 2.21 bits per heavy atom. The summed E-state index contributed by atoms with van der Waals surface area (Å²) in [5, 5.41) is 0. The van der Waals surface area contributed by atoms with Crippen molar-refractivity contribution in [3.63, 3.8) is 0 Å². The molecule has 0 unspecified atom stereocenters. The Bertz CT molecular complexity index is 1140. The van der Waals surface area contributed by atoms with E-state index in [9.17, 15) is 8.78 Å². The van der Waals surface area contributed by atoms with Gasteiger partial charge in [0, 0.05) is 35.8 Å². The molecular weight excluding hydrogens is 488 g/mol. The smallest absolute Gasteiger partial charge is 0.213 e. The number of nitrogens with zero attached hydrogens (tertiary/aromatic N) is 3. The normalized spacial score (nSPS) is 16.4. The Labute approximate surface area is 223 Å². The van der Waals surface area contributed by atoms with E-state index in [2.05, 4.69) is 28.8 Å². The van der Waals surface area contributed by atoms with Crippen LogP contribution < -0.4 is 9.47 Å². The number of halogens is 2. The zero-order valence-electron chi connectivity index (χ0n) is 22.3. The molecule has 2 atom stereocenters. The van der Waals surface area contributed by atoms with Crippen molar-refractivity contribution in [2.75, 3.05) is 13.2 Å². The highest BCUT2D eigenvalue weighted by Gasteiger charge is 2.38. The SMILES string of the molecule is CCCCCCCCOc1ccc(-c2cnc(-c3ccc(OC[C@@H]4O[C@H]4CCCC)c(F)c3F)nc2)cn1. The van der Waals surface area contributed by atoms with Gasteiger partial charge in [-0.3, -0.25) is 0 Å². The molecular formula is C30H37F2N3O3. The lowest BCUT2D eigenvalue weighted by Crippen LogP contribution is -2.09. The van der Waals surface area contributed by atoms with Crippen LogP contribution in [0.3, 0.4) is 0 Å². The summed E-state index contributed by atoms with van der Waals surface area (Å²) < 4.78 is 46.2. The Balaban J connectivity index is 1.29. The third-order valence-corrected chi connectivity index (χ3v) is 6.69. The third kappa shape index (κ3) is 7.69. The van der Waals surface area contributed by atoms with E-state index in [4.69, 9.17) is 14.2 Å². The lowest BCUT2D eigenvalue weighted by Gasteiger charge is -2.09. The number of hydrogen-bond acceptors (Lipinski definition) is 6. The number of pyridine rings is 1. The van der Waals surface area contributed by atoms with Gasteiger partial charge in [-0.05, 0) is 31.0 Å². The predicted octanol–water partition coefficient (Wildman–Crippen LogP) is 7.56. The lowest BCUT2D eigenvalue weighted by atomic mass is 10.1. The molecule has 0 spiro atoms. The first-order valence-electron chi connectivity index (χ1n) is 13.8. The summed E-state index contributed by atoms with van der Waals surface area (Å²) in [5.41, 5.74) is 1.49. The molecule has 1 aliphatic rings. The fourth-order valence-electron chi connectivity index (χ4n) is 4.28. The van der Waals surface area contributed by atoms with E-state index < -0.39 is 11.6 Å². The van der Waals surface area contributed by atoms with Gasteiger partial charge in [-0.2, -0.15) is 4.39 Å². The third-order valence-electron chi connectivity index (χ3n) is 6.69. The van der Waals surface area contributed by atoms with Crippen molar-refractivity contribution in [3.8, 4) is 34.1 Å². The number of aromatic nitrogens is 3. The second kappa shape index (κ2) is 14.1. The van der Waals surface area contributed by atoms with Crippen LogP contribution in [-0.2, 0) is 4.74 Å². The number of benzene rings is 1. The van der Waals surface area contributed by atoms with E-state index in [-0.39, 0.29) is 36.0 Å². The number of ether oxygens (including phenoxy) is 3. The van der Waals surface area contributed by atoms with Gasteiger partial charge in [0.15, 0.2) is 17.4 Å². The van der Waals surface area contributed by atoms with Crippen LogP contribution in [-0.4, -0.2) is 40.4 Å². The van der Waals surface area contributed by atoms with Crippen LogP contribution in [0.1, 0.15) is 71.6 Å². The maximum absolute atomic E-state index is 14.8. The van der Waals surface area contributed by atoms with E-state index in [1.165, 1.54) is 37.8 Å². The summed E-state index contributed by atoms with van der Waals surface area (Å²) in [4.78, 5) is 12.9. The fraction of sp³-hybridized carbons (Fsp3) is 0.500. The average Bonchev–Trinajstić information content (AvgIpc) is 3.71. The fourth-order valence-corrected chi connectivity index (χ4v) is 4.28. The van der Waals surface area contributed by atoms with Gasteiger partial charge in [0.1, 0.15) is 12.7 Å². The minimum atomic E-state index is -1.05. The van der Waals surface area contributed by atoms with Crippen LogP contribution in [0.2, 0.25) is 0 Å². The summed E-state index contributed by atoms with van der Waals surface area (Å²) in [6, 6.07) is 6.53. The minimum Gasteiger partial charge on any atom is -0.488 e. The Kier molecular flexibility index (Phi) is 10.4. The van der Waals surface area contributed by atoms with Crippen LogP contribution in [0.5, 0.6) is 11.6 Å². The number of rotatable bonds is 16. The minimum absolute atomic E-state index is 0.0264. The van der Waals surface area contributed by atoms with E-state index in [1.807, 2.05) is 12.1 Å². The largest absolute Gasteiger partial charge is 0.488 e. The molecule has 6 nitrogen and oxygen atoms in total. The molecule has 8 heteroatoms. The first-order chi connectivity index (χ1) is 18.6. The maximum atomic E-state index is 14.8. The molecule has 1 saturated heterocycles. The highest BCUT2D eigenvalue weighted by atomic mass is 19.2. The molecule has 0 radical (unpaired) electrons. The topological polar surface area (TPSA) is 69.7 Å². The van der Waals surface area contributed by atoms with E-state index in [0.717, 1.165) is 37.7 Å². The van der Waals surface area contributed by atoms with E-state index >= 15 is 0 Å². The van der Waals surface area contributed by atoms with Crippen LogP contribution in [0.25, 0.3) is 22.5 Å². The van der Waals surface area contributed by atoms with Crippen molar-refractivity contribution in [1.29, 1.82) is 0 Å². The van der Waals surface area contributed by atoms with Crippen LogP contribution >= 0.6 is 0 Å². The van der Waals surface area contributed by atoms with Crippen molar-refractivity contribution in [1.82, 2.24) is 15.0 Å². The van der Waals surface area contributed by atoms with Gasteiger partial charge in [0.2, 0.25) is 11.7 Å². The molecule has 204 valence electrons. The number of unbranched alkanes of at least 4 members (excludes halogenated alkanes) is 6. The summed E-state index contributed by atoms with van der Waals surface area (Å²) in [6.45, 7) is 5.18. The maximum Gasteiger partial charge on any atom is 0.213 e. The van der Waals surface area contributed by atoms with E-state index in [1.54, 1.807) is 18.6 Å². The Morgan fingerprint density at radius 2 is 1.47 bits per heavy atom. The highest BCUT2D eigenvalue weighted by Crippen LogP contribution is 2.31. The Morgan fingerprint density at radius 1 is 0.737 bits per heavy atom. The monoisotopic (exact) mass is 525 g/mol. The predicted molar refractivity (Wildman–Crippen MR) is 143 cm³/mol. The zero-order chi connectivity index (χ0) is 26.7. The molecule has 0 saturated carbocycles. The van der Waals surface area contributed by atoms with Crippen molar-refractivity contribution in [3.05, 3.63) is 54.5 Å². The molecule has 1 aromatic carbocycles. The van der Waals surface area contributed by atoms with Crippen molar-refractivity contribution >= 4 is 0 Å². The average molecular weight is 526 g/mol. The van der Waals surface area contributed by atoms with Crippen molar-refractivity contribution in [2.45, 2.75) is 83.8 Å². The van der Waals surface area contributed by atoms with Crippen molar-refractivity contribution < 1.29 is 23.0 Å². The molecule has 4 rings (SSSR count). The summed E-state index contributed by atoms with van der Waals surface area (Å²) >= 11 is 0.